The molecule has 68 heavy (non-hydrogen) atoms. The van der Waals surface area contributed by atoms with Crippen LogP contribution in [0.1, 0.15) is 163 Å². The zero-order valence-corrected chi connectivity index (χ0v) is 44.0. The lowest BCUT2D eigenvalue weighted by Gasteiger charge is -2.91. The lowest BCUT2D eigenvalue weighted by atomic mass is 9.12. The molecule has 0 saturated heterocycles. The van der Waals surface area contributed by atoms with E-state index in [1.54, 1.807) is 5.56 Å². The summed E-state index contributed by atoms with van der Waals surface area (Å²) in [5.74, 6) is 2.74. The molecule has 0 amide bonds. The number of hydrogen-bond donors (Lipinski definition) is 0. The highest BCUT2D eigenvalue weighted by Gasteiger charge is 2.87. The molecule has 2 atom stereocenters. The van der Waals surface area contributed by atoms with Gasteiger partial charge in [0.05, 0.1) is 5.69 Å². The van der Waals surface area contributed by atoms with Gasteiger partial charge < -0.3 is 9.80 Å². The fourth-order valence-electron chi connectivity index (χ4n) is 14.9. The molecule has 348 valence electrons. The van der Waals surface area contributed by atoms with Crippen LogP contribution in [0.2, 0.25) is 0 Å². The summed E-state index contributed by atoms with van der Waals surface area (Å²) in [5.41, 5.74) is 24.1. The van der Waals surface area contributed by atoms with Gasteiger partial charge in [-0.1, -0.05) is 171 Å². The summed E-state index contributed by atoms with van der Waals surface area (Å²) < 4.78 is 0. The first-order valence-corrected chi connectivity index (χ1v) is 26.2. The maximum absolute atomic E-state index is 2.75. The van der Waals surface area contributed by atoms with E-state index in [9.17, 15) is 0 Å². The van der Waals surface area contributed by atoms with Gasteiger partial charge in [0.2, 0.25) is 0 Å². The summed E-state index contributed by atoms with van der Waals surface area (Å²) in [7, 11) is 0. The predicted molar refractivity (Wildman–Crippen MR) is 292 cm³/mol. The van der Waals surface area contributed by atoms with Crippen molar-refractivity contribution in [3.63, 3.8) is 0 Å². The fraction of sp³-hybridized carbons (Fsp3) is 0.446. The third-order valence-electron chi connectivity index (χ3n) is 18.7. The fourth-order valence-corrected chi connectivity index (χ4v) is 14.9. The molecular formula is C65H75BN2. The minimum Gasteiger partial charge on any atom is -0.311 e. The molecule has 4 aliphatic carbocycles. The molecule has 1 spiro atoms. The maximum atomic E-state index is 2.75. The Hall–Kier alpha value is -5.02. The maximum Gasteiger partial charge on any atom is 0.252 e. The van der Waals surface area contributed by atoms with E-state index in [1.807, 2.05) is 0 Å². The standard InChI is InChI=1S/C65H75BN2/c1-59(2,3)40-18-16-39(17-19-40)50-32-42(61(7,8)9)22-27-53(50)68-55-29-24-44(63(13,14)15)34-52(55)66-51-33-43(62(10,11)12)23-28-54(51)67(49-25-20-41(21-26-49)60(4,5)6)56-35-45(36-57(68)58(56)66)64-37-47-30-46-31-48(38-64)65(46,47)64/h16-29,32-36,46-48H,30-31,37-38H2,1-15H3. The van der Waals surface area contributed by atoms with Crippen LogP contribution in [0.3, 0.4) is 0 Å². The molecule has 2 aliphatic heterocycles. The number of rotatable bonds is 4. The molecule has 4 fully saturated rings. The van der Waals surface area contributed by atoms with Gasteiger partial charge in [0.15, 0.2) is 0 Å². The van der Waals surface area contributed by atoms with E-state index in [-0.39, 0.29) is 39.2 Å². The summed E-state index contributed by atoms with van der Waals surface area (Å²) in [4.78, 5) is 5.44. The molecule has 0 aromatic heterocycles. The molecule has 3 heteroatoms. The van der Waals surface area contributed by atoms with Crippen molar-refractivity contribution in [2.45, 2.75) is 162 Å². The Bertz CT molecular complexity index is 3030. The van der Waals surface area contributed by atoms with Gasteiger partial charge in [-0.25, -0.2) is 0 Å². The Morgan fingerprint density at radius 3 is 1.28 bits per heavy atom. The Balaban J connectivity index is 1.19. The van der Waals surface area contributed by atoms with Gasteiger partial charge in [-0.05, 0) is 180 Å². The van der Waals surface area contributed by atoms with Crippen LogP contribution in [0.15, 0.2) is 115 Å². The summed E-state index contributed by atoms with van der Waals surface area (Å²) >= 11 is 0. The first kappa shape index (κ1) is 44.2. The van der Waals surface area contributed by atoms with Crippen molar-refractivity contribution in [3.05, 3.63) is 149 Å². The number of benzene rings is 6. The van der Waals surface area contributed by atoms with Gasteiger partial charge in [-0.15, -0.1) is 0 Å². The first-order valence-electron chi connectivity index (χ1n) is 26.2. The van der Waals surface area contributed by atoms with Gasteiger partial charge in [0.25, 0.3) is 6.71 Å². The normalized spacial score (nSPS) is 24.3. The molecule has 4 saturated carbocycles. The number of nitrogens with zero attached hydrogens (tertiary/aromatic N) is 2. The number of hydrogen-bond acceptors (Lipinski definition) is 2. The molecular weight excluding hydrogens is 820 g/mol. The minimum atomic E-state index is -0.0190. The third-order valence-corrected chi connectivity index (χ3v) is 18.7. The van der Waals surface area contributed by atoms with Gasteiger partial charge in [-0.2, -0.15) is 0 Å². The van der Waals surface area contributed by atoms with E-state index in [4.69, 9.17) is 0 Å². The van der Waals surface area contributed by atoms with E-state index < -0.39 is 0 Å². The smallest absolute Gasteiger partial charge is 0.252 e. The highest BCUT2D eigenvalue weighted by atomic mass is 15.2. The summed E-state index contributed by atoms with van der Waals surface area (Å²) in [6.07, 6.45) is 5.62. The average Bonchev–Trinajstić information content (AvgIpc) is 3.23. The summed E-state index contributed by atoms with van der Waals surface area (Å²) in [6.45, 7) is 35.4. The van der Waals surface area contributed by atoms with Crippen molar-refractivity contribution < 1.29 is 0 Å². The summed E-state index contributed by atoms with van der Waals surface area (Å²) in [6, 6.07) is 47.2. The van der Waals surface area contributed by atoms with E-state index in [1.165, 1.54) is 115 Å². The van der Waals surface area contributed by atoms with Crippen LogP contribution in [-0.2, 0) is 32.5 Å². The second kappa shape index (κ2) is 13.9. The first-order chi connectivity index (χ1) is 31.8. The van der Waals surface area contributed by atoms with Crippen molar-refractivity contribution in [3.8, 4) is 11.1 Å². The van der Waals surface area contributed by atoms with E-state index in [2.05, 4.69) is 229 Å². The van der Waals surface area contributed by atoms with Crippen molar-refractivity contribution in [2.75, 3.05) is 9.80 Å². The van der Waals surface area contributed by atoms with Crippen molar-refractivity contribution in [1.29, 1.82) is 0 Å². The predicted octanol–water partition coefficient (Wildman–Crippen LogP) is 15.6. The van der Waals surface area contributed by atoms with E-state index >= 15 is 0 Å². The van der Waals surface area contributed by atoms with Crippen LogP contribution in [0, 0.1) is 23.2 Å². The Labute approximate surface area is 410 Å². The number of anilines is 6. The third kappa shape index (κ3) is 6.02. The SMILES string of the molecule is CC(C)(C)c1ccc(-c2cc(C(C)(C)C)ccc2N2c3ccc(C(C)(C)C)cc3B3c4cc(C(C)(C)C)ccc4N(c4ccc(C(C)(C)C)cc4)c4cc(C56CC7CC8CC(C5)C876)cc2c43)cc1. The molecule has 0 bridgehead atoms. The van der Waals surface area contributed by atoms with Crippen molar-refractivity contribution in [2.24, 2.45) is 23.2 Å². The topological polar surface area (TPSA) is 6.48 Å². The molecule has 2 nitrogen and oxygen atoms in total. The quantitative estimate of drug-likeness (QED) is 0.162. The van der Waals surface area contributed by atoms with Gasteiger partial charge in [0.1, 0.15) is 0 Å². The average molecular weight is 895 g/mol. The van der Waals surface area contributed by atoms with Gasteiger partial charge >= 0.3 is 0 Å². The molecule has 6 aromatic rings. The summed E-state index contributed by atoms with van der Waals surface area (Å²) in [5, 5.41) is 0. The molecule has 2 unspecified atom stereocenters. The second-order valence-electron chi connectivity index (χ2n) is 27.7. The van der Waals surface area contributed by atoms with Crippen LogP contribution >= 0.6 is 0 Å². The largest absolute Gasteiger partial charge is 0.311 e. The monoisotopic (exact) mass is 895 g/mol. The highest BCUT2D eigenvalue weighted by molar-refractivity contribution is 7.00. The van der Waals surface area contributed by atoms with Crippen molar-refractivity contribution in [1.82, 2.24) is 0 Å². The van der Waals surface area contributed by atoms with Gasteiger partial charge in [0, 0.05) is 39.4 Å². The second-order valence-corrected chi connectivity index (χ2v) is 27.7. The Kier molecular flexibility index (Phi) is 9.01. The lowest BCUT2D eigenvalue weighted by Crippen LogP contribution is -2.87. The van der Waals surface area contributed by atoms with Crippen LogP contribution < -0.4 is 26.2 Å². The molecule has 0 N–H and O–H groups in total. The van der Waals surface area contributed by atoms with Crippen LogP contribution in [0.5, 0.6) is 0 Å². The van der Waals surface area contributed by atoms with E-state index in [0.717, 1.165) is 17.8 Å². The molecule has 6 aliphatic rings. The van der Waals surface area contributed by atoms with Crippen LogP contribution in [-0.4, -0.2) is 6.71 Å². The molecule has 0 radical (unpaired) electrons. The molecule has 2 heterocycles. The molecule has 6 aromatic carbocycles. The molecule has 12 rings (SSSR count). The zero-order valence-electron chi connectivity index (χ0n) is 44.0. The number of fused-ring (bicyclic) bond motifs is 4. The Morgan fingerprint density at radius 2 is 0.824 bits per heavy atom. The zero-order chi connectivity index (χ0) is 48.0. The van der Waals surface area contributed by atoms with Crippen molar-refractivity contribution >= 4 is 57.2 Å². The minimum absolute atomic E-state index is 0.00765. The van der Waals surface area contributed by atoms with E-state index in [0.29, 0.717) is 5.41 Å². The Morgan fingerprint density at radius 1 is 0.412 bits per heavy atom. The van der Waals surface area contributed by atoms with Crippen LogP contribution in [0.25, 0.3) is 11.1 Å². The van der Waals surface area contributed by atoms with Crippen LogP contribution in [0.4, 0.5) is 34.1 Å². The highest BCUT2D eigenvalue weighted by Crippen LogP contribution is 2.92. The van der Waals surface area contributed by atoms with Gasteiger partial charge in [-0.3, -0.25) is 0 Å². The lowest BCUT2D eigenvalue weighted by molar-refractivity contribution is -0.395.